The van der Waals surface area contributed by atoms with Gasteiger partial charge in [-0.25, -0.2) is 0 Å². The number of nitro benzene ring substituents is 1. The fourth-order valence-corrected chi connectivity index (χ4v) is 1.73. The summed E-state index contributed by atoms with van der Waals surface area (Å²) in [5.41, 5.74) is -0.226. The SMILES string of the molecule is CCCNc1cncc(Oc2ccc(Cl)cc2[N+](=O)[O-])n1. The van der Waals surface area contributed by atoms with Gasteiger partial charge < -0.3 is 10.1 Å². The third-order valence-electron chi connectivity index (χ3n) is 2.50. The predicted molar refractivity (Wildman–Crippen MR) is 79.0 cm³/mol. The lowest BCUT2D eigenvalue weighted by atomic mass is 10.3. The van der Waals surface area contributed by atoms with Crippen LogP contribution in [0.25, 0.3) is 0 Å². The molecule has 0 spiro atoms. The van der Waals surface area contributed by atoms with Gasteiger partial charge in [0.15, 0.2) is 0 Å². The summed E-state index contributed by atoms with van der Waals surface area (Å²) < 4.78 is 5.43. The number of rotatable bonds is 6. The zero-order valence-corrected chi connectivity index (χ0v) is 12.0. The molecule has 8 heteroatoms. The van der Waals surface area contributed by atoms with Gasteiger partial charge in [-0.15, -0.1) is 0 Å². The van der Waals surface area contributed by atoms with Crippen LogP contribution in [0.1, 0.15) is 13.3 Å². The smallest absolute Gasteiger partial charge is 0.313 e. The third-order valence-corrected chi connectivity index (χ3v) is 2.74. The molecule has 0 amide bonds. The van der Waals surface area contributed by atoms with E-state index in [0.29, 0.717) is 5.82 Å². The molecule has 0 unspecified atom stereocenters. The first-order valence-electron chi connectivity index (χ1n) is 6.28. The van der Waals surface area contributed by atoms with Crippen molar-refractivity contribution in [1.82, 2.24) is 9.97 Å². The van der Waals surface area contributed by atoms with E-state index in [9.17, 15) is 10.1 Å². The maximum atomic E-state index is 11.0. The molecule has 1 aromatic carbocycles. The Kier molecular flexibility index (Phi) is 4.89. The fraction of sp³-hybridized carbons (Fsp3) is 0.231. The standard InChI is InChI=1S/C13H13ClN4O3/c1-2-5-16-12-7-15-8-13(17-12)21-11-4-3-9(14)6-10(11)18(19)20/h3-4,6-8H,2,5H2,1H3,(H,16,17). The summed E-state index contributed by atoms with van der Waals surface area (Å²) >= 11 is 5.75. The molecule has 0 saturated carbocycles. The molecule has 0 fully saturated rings. The molecule has 0 aliphatic rings. The Morgan fingerprint density at radius 2 is 2.24 bits per heavy atom. The van der Waals surface area contributed by atoms with Gasteiger partial charge in [0.2, 0.25) is 11.6 Å². The molecular weight excluding hydrogens is 296 g/mol. The summed E-state index contributed by atoms with van der Waals surface area (Å²) in [7, 11) is 0. The first kappa shape index (κ1) is 15.0. The van der Waals surface area contributed by atoms with Crippen LogP contribution in [-0.4, -0.2) is 21.4 Å². The molecule has 7 nitrogen and oxygen atoms in total. The van der Waals surface area contributed by atoms with Crippen molar-refractivity contribution in [2.75, 3.05) is 11.9 Å². The van der Waals surface area contributed by atoms with Crippen molar-refractivity contribution in [3.05, 3.63) is 45.7 Å². The Bertz CT molecular complexity index is 651. The monoisotopic (exact) mass is 308 g/mol. The number of halogens is 1. The van der Waals surface area contributed by atoms with Gasteiger partial charge >= 0.3 is 5.69 Å². The van der Waals surface area contributed by atoms with Crippen LogP contribution in [-0.2, 0) is 0 Å². The van der Waals surface area contributed by atoms with E-state index in [1.165, 1.54) is 24.4 Å². The second-order valence-corrected chi connectivity index (χ2v) is 4.58. The lowest BCUT2D eigenvalue weighted by Crippen LogP contribution is -2.03. The van der Waals surface area contributed by atoms with E-state index in [1.54, 1.807) is 6.20 Å². The minimum absolute atomic E-state index is 0.0614. The Hall–Kier alpha value is -2.41. The lowest BCUT2D eigenvalue weighted by molar-refractivity contribution is -0.385. The normalized spacial score (nSPS) is 10.2. The zero-order valence-electron chi connectivity index (χ0n) is 11.2. The Labute approximate surface area is 126 Å². The van der Waals surface area contributed by atoms with Crippen molar-refractivity contribution in [3.8, 4) is 11.6 Å². The number of benzene rings is 1. The van der Waals surface area contributed by atoms with Crippen molar-refractivity contribution in [2.45, 2.75) is 13.3 Å². The van der Waals surface area contributed by atoms with Crippen LogP contribution in [0.5, 0.6) is 11.6 Å². The quantitative estimate of drug-likeness (QED) is 0.647. The van der Waals surface area contributed by atoms with E-state index in [-0.39, 0.29) is 22.3 Å². The number of nitro groups is 1. The van der Waals surface area contributed by atoms with E-state index in [1.807, 2.05) is 6.92 Å². The maximum Gasteiger partial charge on any atom is 0.313 e. The molecule has 21 heavy (non-hydrogen) atoms. The molecule has 2 aromatic rings. The molecule has 1 aromatic heterocycles. The number of aromatic nitrogens is 2. The van der Waals surface area contributed by atoms with Crippen LogP contribution < -0.4 is 10.1 Å². The molecular formula is C13H13ClN4O3. The maximum absolute atomic E-state index is 11.0. The van der Waals surface area contributed by atoms with Gasteiger partial charge in [-0.3, -0.25) is 15.1 Å². The van der Waals surface area contributed by atoms with Gasteiger partial charge in [-0.2, -0.15) is 4.98 Å². The van der Waals surface area contributed by atoms with Gasteiger partial charge in [0.1, 0.15) is 5.82 Å². The first-order valence-corrected chi connectivity index (χ1v) is 6.65. The lowest BCUT2D eigenvalue weighted by Gasteiger charge is -2.07. The number of anilines is 1. The van der Waals surface area contributed by atoms with Gasteiger partial charge in [0.05, 0.1) is 17.3 Å². The summed E-state index contributed by atoms with van der Waals surface area (Å²) in [6.45, 7) is 2.77. The third kappa shape index (κ3) is 4.03. The number of nitrogens with zero attached hydrogens (tertiary/aromatic N) is 3. The molecule has 2 rings (SSSR count). The fourth-order valence-electron chi connectivity index (χ4n) is 1.57. The van der Waals surface area contributed by atoms with Crippen LogP contribution >= 0.6 is 11.6 Å². The van der Waals surface area contributed by atoms with E-state index in [0.717, 1.165) is 13.0 Å². The van der Waals surface area contributed by atoms with Gasteiger partial charge in [-0.1, -0.05) is 18.5 Å². The number of hydrogen-bond donors (Lipinski definition) is 1. The summed E-state index contributed by atoms with van der Waals surface area (Å²) in [6, 6.07) is 4.16. The van der Waals surface area contributed by atoms with Crippen LogP contribution in [0.2, 0.25) is 5.02 Å². The van der Waals surface area contributed by atoms with E-state index in [4.69, 9.17) is 16.3 Å². The van der Waals surface area contributed by atoms with Gasteiger partial charge in [-0.05, 0) is 18.6 Å². The minimum Gasteiger partial charge on any atom is -0.430 e. The van der Waals surface area contributed by atoms with Crippen molar-refractivity contribution < 1.29 is 9.66 Å². The van der Waals surface area contributed by atoms with Crippen molar-refractivity contribution in [2.24, 2.45) is 0 Å². The van der Waals surface area contributed by atoms with Crippen molar-refractivity contribution in [3.63, 3.8) is 0 Å². The summed E-state index contributed by atoms with van der Waals surface area (Å²) in [5, 5.41) is 14.3. The van der Waals surface area contributed by atoms with Gasteiger partial charge in [0, 0.05) is 17.6 Å². The Balaban J connectivity index is 2.24. The zero-order chi connectivity index (χ0) is 15.2. The van der Waals surface area contributed by atoms with E-state index in [2.05, 4.69) is 15.3 Å². The average molecular weight is 309 g/mol. The number of nitrogens with one attached hydrogen (secondary N) is 1. The summed E-state index contributed by atoms with van der Waals surface area (Å²) in [6.07, 6.45) is 3.88. The second-order valence-electron chi connectivity index (χ2n) is 4.14. The number of ether oxygens (including phenoxy) is 1. The Morgan fingerprint density at radius 3 is 2.95 bits per heavy atom. The van der Waals surface area contributed by atoms with Crippen LogP contribution in [0.4, 0.5) is 11.5 Å². The molecule has 0 saturated heterocycles. The Morgan fingerprint density at radius 1 is 1.43 bits per heavy atom. The van der Waals surface area contributed by atoms with E-state index < -0.39 is 4.92 Å². The van der Waals surface area contributed by atoms with Crippen LogP contribution in [0, 0.1) is 10.1 Å². The highest BCUT2D eigenvalue weighted by molar-refractivity contribution is 6.30. The van der Waals surface area contributed by atoms with Crippen LogP contribution in [0.3, 0.4) is 0 Å². The van der Waals surface area contributed by atoms with Crippen molar-refractivity contribution in [1.29, 1.82) is 0 Å². The summed E-state index contributed by atoms with van der Waals surface area (Å²) in [5.74, 6) is 0.777. The topological polar surface area (TPSA) is 90.2 Å². The molecule has 0 radical (unpaired) electrons. The van der Waals surface area contributed by atoms with Crippen molar-refractivity contribution >= 4 is 23.1 Å². The summed E-state index contributed by atoms with van der Waals surface area (Å²) in [4.78, 5) is 18.6. The first-order chi connectivity index (χ1) is 10.1. The highest BCUT2D eigenvalue weighted by atomic mass is 35.5. The largest absolute Gasteiger partial charge is 0.430 e. The molecule has 1 N–H and O–H groups in total. The molecule has 0 aliphatic carbocycles. The predicted octanol–water partition coefficient (Wildman–Crippen LogP) is 3.65. The molecule has 0 aliphatic heterocycles. The minimum atomic E-state index is -0.562. The molecule has 0 atom stereocenters. The second kappa shape index (κ2) is 6.85. The highest BCUT2D eigenvalue weighted by Gasteiger charge is 2.17. The molecule has 110 valence electrons. The molecule has 0 bridgehead atoms. The average Bonchev–Trinajstić information content (AvgIpc) is 2.47. The van der Waals surface area contributed by atoms with Crippen LogP contribution in [0.15, 0.2) is 30.6 Å². The number of hydrogen-bond acceptors (Lipinski definition) is 6. The van der Waals surface area contributed by atoms with Gasteiger partial charge in [0.25, 0.3) is 0 Å². The highest BCUT2D eigenvalue weighted by Crippen LogP contribution is 2.32. The van der Waals surface area contributed by atoms with E-state index >= 15 is 0 Å². The molecule has 1 heterocycles.